The van der Waals surface area contributed by atoms with E-state index < -0.39 is 6.10 Å². The molecule has 6 nitrogen and oxygen atoms in total. The first kappa shape index (κ1) is 20.5. The Morgan fingerprint density at radius 1 is 1.13 bits per heavy atom. The number of nitrogens with zero attached hydrogens (tertiary/aromatic N) is 2. The number of carbonyl (C=O) groups excluding carboxylic acids is 2. The summed E-state index contributed by atoms with van der Waals surface area (Å²) in [5.74, 6) is 0.485. The number of hydrogen-bond acceptors (Lipinski definition) is 4. The second kappa shape index (κ2) is 8.96. The highest BCUT2D eigenvalue weighted by atomic mass is 35.5. The van der Waals surface area contributed by atoms with Crippen molar-refractivity contribution in [1.82, 2.24) is 4.90 Å². The van der Waals surface area contributed by atoms with Gasteiger partial charge < -0.3 is 19.9 Å². The molecular weight excluding hydrogens is 402 g/mol. The number of hydrogen-bond donors (Lipinski definition) is 1. The summed E-state index contributed by atoms with van der Waals surface area (Å²) < 4.78 is 6.03. The van der Waals surface area contributed by atoms with Crippen LogP contribution in [0.5, 0.6) is 5.75 Å². The van der Waals surface area contributed by atoms with Crippen molar-refractivity contribution >= 4 is 34.8 Å². The molecule has 30 heavy (non-hydrogen) atoms. The topological polar surface area (TPSA) is 61.9 Å². The number of piperidine rings is 1. The molecule has 0 aromatic heterocycles. The fourth-order valence-electron chi connectivity index (χ4n) is 4.03. The highest BCUT2D eigenvalue weighted by molar-refractivity contribution is 6.30. The number of para-hydroxylation sites is 2. The van der Waals surface area contributed by atoms with Crippen LogP contribution in [0.1, 0.15) is 24.8 Å². The van der Waals surface area contributed by atoms with E-state index in [1.165, 1.54) is 0 Å². The lowest BCUT2D eigenvalue weighted by Gasteiger charge is -2.38. The molecule has 0 aliphatic carbocycles. The maximum atomic E-state index is 13.0. The molecule has 0 spiro atoms. The van der Waals surface area contributed by atoms with E-state index in [1.807, 2.05) is 47.1 Å². The molecule has 158 valence electrons. The Morgan fingerprint density at radius 3 is 2.67 bits per heavy atom. The van der Waals surface area contributed by atoms with Crippen LogP contribution in [0, 0.1) is 6.92 Å². The summed E-state index contributed by atoms with van der Waals surface area (Å²) in [6.45, 7) is 3.93. The van der Waals surface area contributed by atoms with Gasteiger partial charge in [0.05, 0.1) is 18.8 Å². The summed E-state index contributed by atoms with van der Waals surface area (Å²) in [4.78, 5) is 29.6. The third-order valence-electron chi connectivity index (χ3n) is 5.60. The van der Waals surface area contributed by atoms with E-state index in [0.29, 0.717) is 17.3 Å². The van der Waals surface area contributed by atoms with Gasteiger partial charge in [-0.05, 0) is 62.1 Å². The first-order valence-electron chi connectivity index (χ1n) is 10.4. The van der Waals surface area contributed by atoms with E-state index in [2.05, 4.69) is 5.32 Å². The van der Waals surface area contributed by atoms with Crippen molar-refractivity contribution < 1.29 is 14.3 Å². The van der Waals surface area contributed by atoms with Crippen LogP contribution in [0.4, 0.5) is 11.4 Å². The van der Waals surface area contributed by atoms with Gasteiger partial charge in [0, 0.05) is 23.8 Å². The molecule has 1 atom stereocenters. The highest BCUT2D eigenvalue weighted by Crippen LogP contribution is 2.33. The summed E-state index contributed by atoms with van der Waals surface area (Å²) >= 11 is 6.00. The van der Waals surface area contributed by atoms with Gasteiger partial charge in [0.1, 0.15) is 5.75 Å². The summed E-state index contributed by atoms with van der Waals surface area (Å²) in [6.07, 6.45) is 2.61. The third-order valence-corrected chi connectivity index (χ3v) is 5.84. The van der Waals surface area contributed by atoms with Gasteiger partial charge in [0.15, 0.2) is 6.10 Å². The van der Waals surface area contributed by atoms with Crippen molar-refractivity contribution in [3.63, 3.8) is 0 Å². The molecule has 1 fully saturated rings. The molecule has 2 amide bonds. The van der Waals surface area contributed by atoms with Crippen LogP contribution >= 0.6 is 11.6 Å². The Balaban J connectivity index is 1.49. The maximum absolute atomic E-state index is 13.0. The number of likely N-dealkylation sites (tertiary alicyclic amines) is 1. The average Bonchev–Trinajstić information content (AvgIpc) is 2.75. The standard InChI is InChI=1S/C23H26ClN3O3/c1-16-13-17(24)9-10-18(16)25-22(28)15-27-14-21(23(29)26-11-5-2-6-12-26)30-20-8-4-3-7-19(20)27/h3-4,7-10,13,21H,2,5-6,11-12,14-15H2,1H3,(H,25,28)/t21-/m0/s1. The number of benzene rings is 2. The van der Waals surface area contributed by atoms with Crippen molar-refractivity contribution in [1.29, 1.82) is 0 Å². The van der Waals surface area contributed by atoms with Gasteiger partial charge >= 0.3 is 0 Å². The van der Waals surface area contributed by atoms with E-state index in [1.54, 1.807) is 12.1 Å². The number of fused-ring (bicyclic) bond motifs is 1. The molecule has 2 aliphatic heterocycles. The van der Waals surface area contributed by atoms with Gasteiger partial charge in [-0.15, -0.1) is 0 Å². The smallest absolute Gasteiger partial charge is 0.265 e. The Hall–Kier alpha value is -2.73. The fraction of sp³-hybridized carbons (Fsp3) is 0.391. The number of carbonyl (C=O) groups is 2. The molecule has 4 rings (SSSR count). The number of anilines is 2. The monoisotopic (exact) mass is 427 g/mol. The van der Waals surface area contributed by atoms with E-state index in [-0.39, 0.29) is 18.4 Å². The molecule has 1 saturated heterocycles. The second-order valence-electron chi connectivity index (χ2n) is 7.85. The zero-order valence-corrected chi connectivity index (χ0v) is 17.8. The van der Waals surface area contributed by atoms with Gasteiger partial charge in [-0.2, -0.15) is 0 Å². The summed E-state index contributed by atoms with van der Waals surface area (Å²) in [6, 6.07) is 12.9. The molecule has 2 aromatic carbocycles. The van der Waals surface area contributed by atoms with E-state index in [0.717, 1.165) is 49.3 Å². The molecule has 2 aliphatic rings. The largest absolute Gasteiger partial charge is 0.477 e. The number of rotatable bonds is 4. The van der Waals surface area contributed by atoms with Crippen LogP contribution < -0.4 is 15.0 Å². The first-order valence-corrected chi connectivity index (χ1v) is 10.7. The second-order valence-corrected chi connectivity index (χ2v) is 8.28. The molecule has 2 heterocycles. The normalized spacial score (nSPS) is 18.4. The van der Waals surface area contributed by atoms with Gasteiger partial charge in [0.2, 0.25) is 5.91 Å². The van der Waals surface area contributed by atoms with Gasteiger partial charge in [0.25, 0.3) is 5.91 Å². The molecule has 2 aromatic rings. The van der Waals surface area contributed by atoms with Crippen LogP contribution in [-0.2, 0) is 9.59 Å². The van der Waals surface area contributed by atoms with Crippen molar-refractivity contribution in [3.05, 3.63) is 53.1 Å². The van der Waals surface area contributed by atoms with E-state index in [9.17, 15) is 9.59 Å². The van der Waals surface area contributed by atoms with Crippen molar-refractivity contribution in [2.75, 3.05) is 36.4 Å². The Bertz CT molecular complexity index is 943. The minimum atomic E-state index is -0.608. The van der Waals surface area contributed by atoms with Crippen LogP contribution in [-0.4, -0.2) is 49.0 Å². The molecule has 0 bridgehead atoms. The Labute approximate surface area is 181 Å². The lowest BCUT2D eigenvalue weighted by molar-refractivity contribution is -0.139. The van der Waals surface area contributed by atoms with Crippen LogP contribution in [0.15, 0.2) is 42.5 Å². The lowest BCUT2D eigenvalue weighted by Crippen LogP contribution is -2.52. The minimum Gasteiger partial charge on any atom is -0.477 e. The number of nitrogens with one attached hydrogen (secondary N) is 1. The number of amides is 2. The van der Waals surface area contributed by atoms with Crippen LogP contribution in [0.25, 0.3) is 0 Å². The molecular formula is C23H26ClN3O3. The van der Waals surface area contributed by atoms with Crippen LogP contribution in [0.3, 0.4) is 0 Å². The summed E-state index contributed by atoms with van der Waals surface area (Å²) in [5, 5.41) is 3.58. The average molecular weight is 428 g/mol. The summed E-state index contributed by atoms with van der Waals surface area (Å²) in [7, 11) is 0. The van der Waals surface area contributed by atoms with Gasteiger partial charge in [-0.25, -0.2) is 0 Å². The highest BCUT2D eigenvalue weighted by Gasteiger charge is 2.34. The van der Waals surface area contributed by atoms with Crippen molar-refractivity contribution in [3.8, 4) is 5.75 Å². The van der Waals surface area contributed by atoms with Gasteiger partial charge in [-0.1, -0.05) is 23.7 Å². The van der Waals surface area contributed by atoms with Gasteiger partial charge in [-0.3, -0.25) is 9.59 Å². The predicted octanol–water partition coefficient (Wildman–Crippen LogP) is 3.87. The van der Waals surface area contributed by atoms with Crippen LogP contribution in [0.2, 0.25) is 5.02 Å². The molecule has 7 heteroatoms. The van der Waals surface area contributed by atoms with Crippen molar-refractivity contribution in [2.45, 2.75) is 32.3 Å². The number of halogens is 1. The lowest BCUT2D eigenvalue weighted by atomic mass is 10.1. The minimum absolute atomic E-state index is 0.00292. The molecule has 0 saturated carbocycles. The molecule has 0 unspecified atom stereocenters. The molecule has 0 radical (unpaired) electrons. The first-order chi connectivity index (χ1) is 14.5. The third kappa shape index (κ3) is 4.54. The maximum Gasteiger partial charge on any atom is 0.265 e. The Kier molecular flexibility index (Phi) is 6.13. The number of aryl methyl sites for hydroxylation is 1. The molecule has 1 N–H and O–H groups in total. The SMILES string of the molecule is Cc1cc(Cl)ccc1NC(=O)CN1C[C@@H](C(=O)N2CCCCC2)Oc2ccccc21. The summed E-state index contributed by atoms with van der Waals surface area (Å²) in [5.41, 5.74) is 2.45. The number of ether oxygens (including phenoxy) is 1. The predicted molar refractivity (Wildman–Crippen MR) is 118 cm³/mol. The zero-order chi connectivity index (χ0) is 21.1. The van der Waals surface area contributed by atoms with E-state index in [4.69, 9.17) is 16.3 Å². The van der Waals surface area contributed by atoms with Crippen molar-refractivity contribution in [2.24, 2.45) is 0 Å². The zero-order valence-electron chi connectivity index (χ0n) is 17.1. The Morgan fingerprint density at radius 2 is 1.90 bits per heavy atom. The van der Waals surface area contributed by atoms with E-state index >= 15 is 0 Å². The fourth-order valence-corrected chi connectivity index (χ4v) is 4.26. The quantitative estimate of drug-likeness (QED) is 0.804.